The zero-order chi connectivity index (χ0) is 19.2. The fraction of sp³-hybridized carbons (Fsp3) is 0.333. The van der Waals surface area contributed by atoms with Gasteiger partial charge in [-0.15, -0.1) is 0 Å². The van der Waals surface area contributed by atoms with E-state index in [4.69, 9.17) is 5.73 Å². The molecular weight excluding hydrogens is 345 g/mol. The predicted molar refractivity (Wildman–Crippen MR) is 104 cm³/mol. The maximum Gasteiger partial charge on any atom is 0.228 e. The monoisotopic (exact) mass is 369 g/mol. The third-order valence-electron chi connectivity index (χ3n) is 5.03. The molecule has 1 saturated carbocycles. The normalized spacial score (nSPS) is 18.9. The van der Waals surface area contributed by atoms with E-state index in [1.165, 1.54) is 12.1 Å². The van der Waals surface area contributed by atoms with E-state index in [2.05, 4.69) is 10.6 Å². The SMILES string of the molecule is NC[C@H]1CCC[C@H]1C(=O)Nc1ccc(CC(=O)Nc2ccccc2F)cc1. The van der Waals surface area contributed by atoms with Gasteiger partial charge >= 0.3 is 0 Å². The first-order valence-electron chi connectivity index (χ1n) is 9.21. The Morgan fingerprint density at radius 1 is 1.04 bits per heavy atom. The second kappa shape index (κ2) is 8.77. The van der Waals surface area contributed by atoms with Crippen molar-refractivity contribution in [2.45, 2.75) is 25.7 Å². The molecule has 0 bridgehead atoms. The highest BCUT2D eigenvalue weighted by Gasteiger charge is 2.31. The minimum Gasteiger partial charge on any atom is -0.330 e. The zero-order valence-corrected chi connectivity index (χ0v) is 15.1. The summed E-state index contributed by atoms with van der Waals surface area (Å²) in [5.74, 6) is -0.527. The molecular formula is C21H24FN3O2. The topological polar surface area (TPSA) is 84.2 Å². The lowest BCUT2D eigenvalue weighted by molar-refractivity contribution is -0.120. The number of para-hydroxylation sites is 1. The van der Waals surface area contributed by atoms with E-state index in [9.17, 15) is 14.0 Å². The Bertz CT molecular complexity index is 807. The Labute approximate surface area is 158 Å². The number of carbonyl (C=O) groups excluding carboxylic acids is 2. The van der Waals surface area contributed by atoms with E-state index in [0.717, 1.165) is 24.8 Å². The highest BCUT2D eigenvalue weighted by molar-refractivity contribution is 5.94. The fourth-order valence-corrected chi connectivity index (χ4v) is 3.55. The minimum atomic E-state index is -0.466. The Hall–Kier alpha value is -2.73. The smallest absolute Gasteiger partial charge is 0.228 e. The predicted octanol–water partition coefficient (Wildman–Crippen LogP) is 3.32. The Kier molecular flexibility index (Phi) is 6.19. The van der Waals surface area contributed by atoms with Crippen molar-refractivity contribution in [3.05, 3.63) is 59.9 Å². The number of hydrogen-bond donors (Lipinski definition) is 3. The van der Waals surface area contributed by atoms with Crippen molar-refractivity contribution in [2.24, 2.45) is 17.6 Å². The minimum absolute atomic E-state index is 0.00740. The van der Waals surface area contributed by atoms with Gasteiger partial charge in [-0.1, -0.05) is 30.7 Å². The molecule has 4 N–H and O–H groups in total. The van der Waals surface area contributed by atoms with Crippen LogP contribution in [-0.2, 0) is 16.0 Å². The van der Waals surface area contributed by atoms with E-state index in [0.29, 0.717) is 12.2 Å². The summed E-state index contributed by atoms with van der Waals surface area (Å²) in [5, 5.41) is 5.49. The molecule has 0 aromatic heterocycles. The number of amides is 2. The Morgan fingerprint density at radius 2 is 1.78 bits per heavy atom. The van der Waals surface area contributed by atoms with Gasteiger partial charge in [0.15, 0.2) is 0 Å². The molecule has 0 saturated heterocycles. The number of hydrogen-bond acceptors (Lipinski definition) is 3. The first kappa shape index (κ1) is 19.0. The van der Waals surface area contributed by atoms with Crippen molar-refractivity contribution in [3.63, 3.8) is 0 Å². The number of benzene rings is 2. The largest absolute Gasteiger partial charge is 0.330 e. The van der Waals surface area contributed by atoms with E-state index in [1.807, 2.05) is 0 Å². The summed E-state index contributed by atoms with van der Waals surface area (Å²) in [6.07, 6.45) is 3.04. The molecule has 2 aromatic carbocycles. The lowest BCUT2D eigenvalue weighted by Crippen LogP contribution is -2.29. The number of rotatable bonds is 6. The van der Waals surface area contributed by atoms with Crippen LogP contribution in [0.5, 0.6) is 0 Å². The molecule has 6 heteroatoms. The summed E-state index contributed by atoms with van der Waals surface area (Å²) in [7, 11) is 0. The summed E-state index contributed by atoms with van der Waals surface area (Å²) in [5.41, 5.74) is 7.38. The van der Waals surface area contributed by atoms with Crippen LogP contribution in [-0.4, -0.2) is 18.4 Å². The van der Waals surface area contributed by atoms with Crippen molar-refractivity contribution in [2.75, 3.05) is 17.2 Å². The molecule has 2 amide bonds. The van der Waals surface area contributed by atoms with Gasteiger partial charge < -0.3 is 16.4 Å². The van der Waals surface area contributed by atoms with Crippen LogP contribution in [0.25, 0.3) is 0 Å². The van der Waals surface area contributed by atoms with Gasteiger partial charge in [0.25, 0.3) is 0 Å². The number of nitrogens with one attached hydrogen (secondary N) is 2. The van der Waals surface area contributed by atoms with Crippen LogP contribution in [0.15, 0.2) is 48.5 Å². The highest BCUT2D eigenvalue weighted by atomic mass is 19.1. The molecule has 5 nitrogen and oxygen atoms in total. The highest BCUT2D eigenvalue weighted by Crippen LogP contribution is 2.31. The molecule has 142 valence electrons. The van der Waals surface area contributed by atoms with Crippen LogP contribution in [0.1, 0.15) is 24.8 Å². The molecule has 1 aliphatic carbocycles. The molecule has 0 heterocycles. The number of nitrogens with two attached hydrogens (primary N) is 1. The average Bonchev–Trinajstić information content (AvgIpc) is 3.14. The lowest BCUT2D eigenvalue weighted by atomic mass is 9.95. The van der Waals surface area contributed by atoms with Crippen molar-refractivity contribution in [3.8, 4) is 0 Å². The summed E-state index contributed by atoms with van der Waals surface area (Å²) < 4.78 is 13.6. The molecule has 0 aliphatic heterocycles. The van der Waals surface area contributed by atoms with Crippen LogP contribution >= 0.6 is 0 Å². The summed E-state index contributed by atoms with van der Waals surface area (Å²) in [6.45, 7) is 0.536. The van der Waals surface area contributed by atoms with Crippen molar-refractivity contribution in [1.82, 2.24) is 0 Å². The summed E-state index contributed by atoms with van der Waals surface area (Å²) >= 11 is 0. The maximum absolute atomic E-state index is 13.6. The molecule has 1 aliphatic rings. The number of halogens is 1. The molecule has 2 aromatic rings. The third kappa shape index (κ3) is 4.92. The molecule has 2 atom stereocenters. The van der Waals surface area contributed by atoms with Gasteiger partial charge in [0.1, 0.15) is 5.82 Å². The van der Waals surface area contributed by atoms with Crippen LogP contribution in [0.2, 0.25) is 0 Å². The zero-order valence-electron chi connectivity index (χ0n) is 15.1. The molecule has 1 fully saturated rings. The van der Waals surface area contributed by atoms with Gasteiger partial charge in [0, 0.05) is 11.6 Å². The summed E-state index contributed by atoms with van der Waals surface area (Å²) in [4.78, 5) is 24.5. The van der Waals surface area contributed by atoms with Crippen LogP contribution in [0.4, 0.5) is 15.8 Å². The standard InChI is InChI=1S/C21H24FN3O2/c22-18-6-1-2-7-19(18)25-20(26)12-14-8-10-16(11-9-14)24-21(27)17-5-3-4-15(17)13-23/h1-2,6-11,15,17H,3-5,12-13,23H2,(H,24,27)(H,25,26)/t15-,17-/m1/s1. The van der Waals surface area contributed by atoms with E-state index < -0.39 is 5.82 Å². The van der Waals surface area contributed by atoms with Gasteiger partial charge in [0.2, 0.25) is 11.8 Å². The van der Waals surface area contributed by atoms with Crippen LogP contribution in [0.3, 0.4) is 0 Å². The quantitative estimate of drug-likeness (QED) is 0.730. The summed E-state index contributed by atoms with van der Waals surface area (Å²) in [6, 6.07) is 13.2. The first-order chi connectivity index (χ1) is 13.1. The third-order valence-corrected chi connectivity index (χ3v) is 5.03. The average molecular weight is 369 g/mol. The fourth-order valence-electron chi connectivity index (χ4n) is 3.55. The van der Waals surface area contributed by atoms with Gasteiger partial charge in [-0.25, -0.2) is 4.39 Å². The van der Waals surface area contributed by atoms with Crippen molar-refractivity contribution >= 4 is 23.2 Å². The van der Waals surface area contributed by atoms with Gasteiger partial charge in [-0.3, -0.25) is 9.59 Å². The second-order valence-corrected chi connectivity index (χ2v) is 6.92. The number of anilines is 2. The first-order valence-corrected chi connectivity index (χ1v) is 9.21. The molecule has 0 unspecified atom stereocenters. The van der Waals surface area contributed by atoms with Crippen molar-refractivity contribution < 1.29 is 14.0 Å². The molecule has 0 radical (unpaired) electrons. The maximum atomic E-state index is 13.6. The Balaban J connectivity index is 1.55. The lowest BCUT2D eigenvalue weighted by Gasteiger charge is -2.17. The Morgan fingerprint density at radius 3 is 2.48 bits per heavy atom. The van der Waals surface area contributed by atoms with E-state index >= 15 is 0 Å². The van der Waals surface area contributed by atoms with Crippen molar-refractivity contribution in [1.29, 1.82) is 0 Å². The van der Waals surface area contributed by atoms with Crippen LogP contribution in [0, 0.1) is 17.7 Å². The molecule has 0 spiro atoms. The van der Waals surface area contributed by atoms with Gasteiger partial charge in [0.05, 0.1) is 12.1 Å². The van der Waals surface area contributed by atoms with E-state index in [-0.39, 0.29) is 35.8 Å². The molecule has 3 rings (SSSR count). The van der Waals surface area contributed by atoms with Gasteiger partial charge in [-0.2, -0.15) is 0 Å². The number of carbonyl (C=O) groups is 2. The second-order valence-electron chi connectivity index (χ2n) is 6.92. The molecule has 27 heavy (non-hydrogen) atoms. The van der Waals surface area contributed by atoms with Crippen LogP contribution < -0.4 is 16.4 Å². The van der Waals surface area contributed by atoms with E-state index in [1.54, 1.807) is 36.4 Å². The van der Waals surface area contributed by atoms with Gasteiger partial charge in [-0.05, 0) is 55.1 Å².